The van der Waals surface area contributed by atoms with Crippen LogP contribution in [0.25, 0.3) is 0 Å². The number of carbonyl (C=O) groups is 1. The van der Waals surface area contributed by atoms with Gasteiger partial charge in [-0.05, 0) is 56.7 Å². The van der Waals surface area contributed by atoms with Gasteiger partial charge in [0, 0.05) is 19.5 Å². The number of nitrogens with zero attached hydrogens (tertiary/aromatic N) is 3. The highest BCUT2D eigenvalue weighted by molar-refractivity contribution is 5.77. The Morgan fingerprint density at radius 1 is 0.976 bits per heavy atom. The first-order chi connectivity index (χ1) is 19.4. The molecule has 2 rings (SSSR count). The lowest BCUT2D eigenvalue weighted by molar-refractivity contribution is -0.154. The molecule has 2 aromatic rings. The first-order valence-electron chi connectivity index (χ1n) is 14.3. The summed E-state index contributed by atoms with van der Waals surface area (Å²) in [6.45, 7) is 5.42. The van der Waals surface area contributed by atoms with Crippen molar-refractivity contribution in [1.82, 2.24) is 14.3 Å². The van der Waals surface area contributed by atoms with Gasteiger partial charge in [-0.2, -0.15) is 13.2 Å². The van der Waals surface area contributed by atoms with E-state index in [0.29, 0.717) is 37.9 Å². The lowest BCUT2D eigenvalue weighted by Gasteiger charge is -2.26. The maximum Gasteiger partial charge on any atom is 0.389 e. The molecule has 0 fully saturated rings. The van der Waals surface area contributed by atoms with Gasteiger partial charge in [0.1, 0.15) is 5.75 Å². The highest BCUT2D eigenvalue weighted by Crippen LogP contribution is 2.25. The summed E-state index contributed by atoms with van der Waals surface area (Å²) in [5.41, 5.74) is -1.92. The number of rotatable bonds is 19. The molecule has 1 aromatic carbocycles. The minimum absolute atomic E-state index is 0.0766. The number of aromatic nitrogens is 3. The lowest BCUT2D eigenvalue weighted by Crippen LogP contribution is -2.42. The Kier molecular flexibility index (Phi) is 13.4. The first-order valence-corrected chi connectivity index (χ1v) is 14.3. The van der Waals surface area contributed by atoms with Crippen molar-refractivity contribution in [1.29, 1.82) is 0 Å². The quantitative estimate of drug-likeness (QED) is 0.209. The Morgan fingerprint density at radius 2 is 1.71 bits per heavy atom. The van der Waals surface area contributed by atoms with E-state index in [-0.39, 0.29) is 32.0 Å². The highest BCUT2D eigenvalue weighted by Gasteiger charge is 2.34. The molecule has 1 heterocycles. The van der Waals surface area contributed by atoms with E-state index in [9.17, 15) is 32.7 Å². The second kappa shape index (κ2) is 16.2. The molecule has 12 heteroatoms. The molecule has 0 aliphatic rings. The van der Waals surface area contributed by atoms with Crippen LogP contribution in [0, 0.1) is 0 Å². The van der Waals surface area contributed by atoms with Crippen LogP contribution in [0.2, 0.25) is 0 Å². The van der Waals surface area contributed by atoms with E-state index in [2.05, 4.69) is 12.0 Å². The molecular formula is C29H42F3N3O6. The maximum atomic E-state index is 13.0. The number of hydrogen-bond acceptors (Lipinski definition) is 6. The molecule has 9 nitrogen and oxygen atoms in total. The molecule has 0 aliphatic carbocycles. The Bertz CT molecular complexity index is 1230. The molecule has 1 unspecified atom stereocenters. The molecule has 41 heavy (non-hydrogen) atoms. The van der Waals surface area contributed by atoms with Crippen LogP contribution in [0.3, 0.4) is 0 Å². The first kappa shape index (κ1) is 33.9. The van der Waals surface area contributed by atoms with Crippen molar-refractivity contribution in [3.8, 4) is 11.6 Å². The Hall–Kier alpha value is -3.31. The van der Waals surface area contributed by atoms with Crippen molar-refractivity contribution in [2.75, 3.05) is 6.61 Å². The Balaban J connectivity index is 2.09. The van der Waals surface area contributed by atoms with Crippen molar-refractivity contribution >= 4 is 5.97 Å². The predicted molar refractivity (Wildman–Crippen MR) is 149 cm³/mol. The standard InChI is InChI=1S/C29H42F3N3O6/c1-4-6-7-8-9-18-34-25(36)24(33-35(27(34)39)19-12-17-29(30,31)32)40-20-11-14-22-13-10-15-23(21-22)41-28(3,16-5-2)26(37)38/h10,13,15,21H,4-9,11-12,14,16-20H2,1-3H3,(H,37,38). The number of hydrogen-bond donors (Lipinski definition) is 1. The van der Waals surface area contributed by atoms with E-state index >= 15 is 0 Å². The van der Waals surface area contributed by atoms with Crippen molar-refractivity contribution in [3.63, 3.8) is 0 Å². The fourth-order valence-corrected chi connectivity index (χ4v) is 4.42. The van der Waals surface area contributed by atoms with Crippen LogP contribution in [0.4, 0.5) is 13.2 Å². The van der Waals surface area contributed by atoms with Crippen LogP contribution in [0.1, 0.15) is 90.5 Å². The third kappa shape index (κ3) is 11.2. The van der Waals surface area contributed by atoms with Gasteiger partial charge in [-0.1, -0.05) is 58.1 Å². The minimum atomic E-state index is -4.36. The molecule has 1 atom stereocenters. The molecule has 1 N–H and O–H groups in total. The molecule has 230 valence electrons. The van der Waals surface area contributed by atoms with Gasteiger partial charge in [0.25, 0.3) is 5.88 Å². The van der Waals surface area contributed by atoms with Gasteiger partial charge in [-0.15, -0.1) is 5.10 Å². The monoisotopic (exact) mass is 585 g/mol. The Labute approximate surface area is 238 Å². The summed E-state index contributed by atoms with van der Waals surface area (Å²) in [6, 6.07) is 7.06. The van der Waals surface area contributed by atoms with Crippen LogP contribution in [0.5, 0.6) is 11.6 Å². The summed E-state index contributed by atoms with van der Waals surface area (Å²) in [6.07, 6.45) is 0.629. The number of unbranched alkanes of at least 4 members (excludes halogenated alkanes) is 4. The van der Waals surface area contributed by atoms with Gasteiger partial charge in [-0.3, -0.25) is 9.36 Å². The highest BCUT2D eigenvalue weighted by atomic mass is 19.4. The van der Waals surface area contributed by atoms with E-state index in [0.717, 1.165) is 40.5 Å². The summed E-state index contributed by atoms with van der Waals surface area (Å²) in [5.74, 6) is -0.938. The van der Waals surface area contributed by atoms with Gasteiger partial charge < -0.3 is 14.6 Å². The molecule has 0 saturated carbocycles. The van der Waals surface area contributed by atoms with Gasteiger partial charge in [0.05, 0.1) is 6.61 Å². The number of ether oxygens (including phenoxy) is 2. The normalized spacial score (nSPS) is 13.1. The van der Waals surface area contributed by atoms with E-state index in [1.165, 1.54) is 6.92 Å². The van der Waals surface area contributed by atoms with Gasteiger partial charge in [0.2, 0.25) is 5.60 Å². The van der Waals surface area contributed by atoms with Crippen molar-refractivity contribution < 1.29 is 32.5 Å². The smallest absolute Gasteiger partial charge is 0.389 e. The summed E-state index contributed by atoms with van der Waals surface area (Å²) in [5, 5.41) is 13.5. The van der Waals surface area contributed by atoms with Crippen LogP contribution >= 0.6 is 0 Å². The number of carboxylic acids is 1. The minimum Gasteiger partial charge on any atom is -0.478 e. The van der Waals surface area contributed by atoms with Crippen LogP contribution in [-0.2, 0) is 24.3 Å². The second-order valence-corrected chi connectivity index (χ2v) is 10.4. The maximum absolute atomic E-state index is 13.0. The fraction of sp³-hybridized carbons (Fsp3) is 0.655. The average molecular weight is 586 g/mol. The zero-order valence-corrected chi connectivity index (χ0v) is 24.2. The number of carboxylic acid groups (broad SMARTS) is 1. The fourth-order valence-electron chi connectivity index (χ4n) is 4.42. The van der Waals surface area contributed by atoms with Gasteiger partial charge >= 0.3 is 23.4 Å². The van der Waals surface area contributed by atoms with E-state index < -0.39 is 35.4 Å². The Morgan fingerprint density at radius 3 is 2.37 bits per heavy atom. The second-order valence-electron chi connectivity index (χ2n) is 10.4. The predicted octanol–water partition coefficient (Wildman–Crippen LogP) is 5.75. The van der Waals surface area contributed by atoms with Crippen LogP contribution in [0.15, 0.2) is 33.9 Å². The third-order valence-corrected chi connectivity index (χ3v) is 6.68. The number of alkyl halides is 3. The molecule has 0 bridgehead atoms. The summed E-state index contributed by atoms with van der Waals surface area (Å²) >= 11 is 0. The van der Waals surface area contributed by atoms with Crippen molar-refractivity contribution in [3.05, 3.63) is 50.7 Å². The SMILES string of the molecule is CCCCCCCn1c(=O)c(OCCCc2cccc(OC(C)(CCC)C(=O)O)c2)nn(CCCC(F)(F)F)c1=O. The molecule has 0 aliphatic heterocycles. The molecular weight excluding hydrogens is 543 g/mol. The molecule has 0 amide bonds. The van der Waals surface area contributed by atoms with E-state index in [1.807, 2.05) is 13.0 Å². The molecule has 0 spiro atoms. The summed E-state index contributed by atoms with van der Waals surface area (Å²) in [7, 11) is 0. The van der Waals surface area contributed by atoms with E-state index in [4.69, 9.17) is 9.47 Å². The van der Waals surface area contributed by atoms with Gasteiger partial charge in [-0.25, -0.2) is 14.3 Å². The van der Waals surface area contributed by atoms with Crippen molar-refractivity contribution in [2.24, 2.45) is 0 Å². The zero-order valence-electron chi connectivity index (χ0n) is 24.2. The number of benzene rings is 1. The van der Waals surface area contributed by atoms with Gasteiger partial charge in [0.15, 0.2) is 0 Å². The molecule has 1 aromatic heterocycles. The molecule has 0 saturated heterocycles. The lowest BCUT2D eigenvalue weighted by atomic mass is 10.0. The molecule has 0 radical (unpaired) electrons. The van der Waals surface area contributed by atoms with E-state index in [1.54, 1.807) is 18.2 Å². The average Bonchev–Trinajstić information content (AvgIpc) is 2.90. The number of halogens is 3. The van der Waals surface area contributed by atoms with Crippen molar-refractivity contribution in [2.45, 2.75) is 116 Å². The largest absolute Gasteiger partial charge is 0.478 e. The van der Waals surface area contributed by atoms with Crippen LogP contribution in [-0.4, -0.2) is 43.8 Å². The van der Waals surface area contributed by atoms with Crippen LogP contribution < -0.4 is 20.7 Å². The summed E-state index contributed by atoms with van der Waals surface area (Å²) < 4.78 is 51.2. The topological polar surface area (TPSA) is 113 Å². The zero-order chi connectivity index (χ0) is 30.5. The third-order valence-electron chi connectivity index (χ3n) is 6.68. The number of aryl methyl sites for hydroxylation is 2. The summed E-state index contributed by atoms with van der Waals surface area (Å²) in [4.78, 5) is 37.5. The number of aliphatic carboxylic acids is 1.